The zero-order valence-corrected chi connectivity index (χ0v) is 23.4. The fourth-order valence-corrected chi connectivity index (χ4v) is 4.44. The second-order valence-electron chi connectivity index (χ2n) is 8.89. The molecule has 1 saturated heterocycles. The summed E-state index contributed by atoms with van der Waals surface area (Å²) < 4.78 is 50.9. The minimum absolute atomic E-state index is 0. The molecule has 4 aromatic rings. The third-order valence-electron chi connectivity index (χ3n) is 6.32. The summed E-state index contributed by atoms with van der Waals surface area (Å²) in [7, 11) is 0. The van der Waals surface area contributed by atoms with Gasteiger partial charge in [-0.3, -0.25) is 9.69 Å². The van der Waals surface area contributed by atoms with Gasteiger partial charge in [-0.15, -0.1) is 0 Å². The summed E-state index contributed by atoms with van der Waals surface area (Å²) in [4.78, 5) is 52.8. The summed E-state index contributed by atoms with van der Waals surface area (Å²) in [5, 5.41) is 9.74. The largest absolute Gasteiger partial charge is 0.478 e. The predicted octanol–water partition coefficient (Wildman–Crippen LogP) is 4.71. The van der Waals surface area contributed by atoms with Crippen LogP contribution >= 0.6 is 0 Å². The number of aromatic nitrogens is 1. The van der Waals surface area contributed by atoms with Crippen LogP contribution in [0.3, 0.4) is 0 Å². The number of amides is 1. The number of fused-ring (bicyclic) bond motifs is 1. The maximum absolute atomic E-state index is 13.5. The number of hydrogen-bond donors (Lipinski definition) is 2. The monoisotopic (exact) mass is 575 g/mol. The number of alkyl halides is 3. The number of halogens is 3. The average molecular weight is 575 g/mol. The molecular weight excluding hydrogens is 556 g/mol. The van der Waals surface area contributed by atoms with Crippen molar-refractivity contribution in [3.8, 4) is 11.3 Å². The van der Waals surface area contributed by atoms with Crippen molar-refractivity contribution in [1.82, 2.24) is 4.98 Å². The van der Waals surface area contributed by atoms with E-state index in [2.05, 4.69) is 4.98 Å². The first-order chi connectivity index (χ1) is 19.0. The number of nitrogens with zero attached hydrogens (tertiary/aromatic N) is 1. The summed E-state index contributed by atoms with van der Waals surface area (Å²) in [5.41, 5.74) is -1.82. The molecule has 3 aromatic carbocycles. The molecule has 1 aromatic heterocycles. The Balaban J connectivity index is 0.00000387. The first-order valence-electron chi connectivity index (χ1n) is 11.8. The van der Waals surface area contributed by atoms with Gasteiger partial charge in [0.05, 0.1) is 23.2 Å². The second kappa shape index (κ2) is 11.8. The van der Waals surface area contributed by atoms with Gasteiger partial charge in [0.25, 0.3) is 5.56 Å². The zero-order chi connectivity index (χ0) is 28.6. The molecule has 0 aliphatic carbocycles. The Hall–Kier alpha value is -4.13. The van der Waals surface area contributed by atoms with E-state index in [4.69, 9.17) is 9.47 Å². The fourth-order valence-electron chi connectivity index (χ4n) is 4.44. The molecule has 0 unspecified atom stereocenters. The van der Waals surface area contributed by atoms with Gasteiger partial charge >= 0.3 is 24.2 Å². The molecule has 2 N–H and O–H groups in total. The number of pyridine rings is 1. The smallest absolute Gasteiger partial charge is 0.417 e. The van der Waals surface area contributed by atoms with Crippen molar-refractivity contribution in [3.63, 3.8) is 0 Å². The summed E-state index contributed by atoms with van der Waals surface area (Å²) in [6, 6.07) is 16.3. The number of H-pyrrole nitrogens is 1. The molecule has 2 heterocycles. The molecule has 0 saturated carbocycles. The molecule has 205 valence electrons. The Kier molecular flexibility index (Phi) is 8.57. The van der Waals surface area contributed by atoms with E-state index in [1.807, 2.05) is 0 Å². The summed E-state index contributed by atoms with van der Waals surface area (Å²) in [6.07, 6.45) is -6.26. The molecular formula is C28H19F3N2NaO7. The van der Waals surface area contributed by atoms with E-state index in [1.54, 1.807) is 0 Å². The number of aromatic amines is 1. The molecule has 9 nitrogen and oxygen atoms in total. The third kappa shape index (κ3) is 6.14. The average Bonchev–Trinajstić information content (AvgIpc) is 3.31. The molecule has 1 aliphatic heterocycles. The zero-order valence-electron chi connectivity index (χ0n) is 21.4. The van der Waals surface area contributed by atoms with Gasteiger partial charge in [0.15, 0.2) is 6.10 Å². The van der Waals surface area contributed by atoms with Crippen molar-refractivity contribution in [2.24, 2.45) is 0 Å². The van der Waals surface area contributed by atoms with Crippen molar-refractivity contribution in [2.75, 3.05) is 18.1 Å². The van der Waals surface area contributed by atoms with Crippen LogP contribution in [0.4, 0.5) is 23.7 Å². The number of nitrogens with one attached hydrogen (secondary N) is 1. The molecule has 1 atom stereocenters. The summed E-state index contributed by atoms with van der Waals surface area (Å²) >= 11 is 0. The molecule has 0 bridgehead atoms. The topological polar surface area (TPSA) is 126 Å². The van der Waals surface area contributed by atoms with E-state index in [1.165, 1.54) is 71.6 Å². The van der Waals surface area contributed by atoms with Crippen LogP contribution in [-0.4, -0.2) is 76.9 Å². The van der Waals surface area contributed by atoms with E-state index >= 15 is 0 Å². The molecule has 0 spiro atoms. The molecule has 5 rings (SSSR count). The van der Waals surface area contributed by atoms with Gasteiger partial charge in [0.1, 0.15) is 6.61 Å². The van der Waals surface area contributed by atoms with E-state index < -0.39 is 41.4 Å². The number of anilines is 1. The van der Waals surface area contributed by atoms with Gasteiger partial charge in [-0.25, -0.2) is 14.4 Å². The summed E-state index contributed by atoms with van der Waals surface area (Å²) in [6.45, 7) is -0.377. The second-order valence-corrected chi connectivity index (χ2v) is 8.89. The Morgan fingerprint density at radius 1 is 1.00 bits per heavy atom. The Labute approximate surface area is 251 Å². The van der Waals surface area contributed by atoms with Crippen LogP contribution in [0.5, 0.6) is 0 Å². The first-order valence-corrected chi connectivity index (χ1v) is 11.8. The minimum atomic E-state index is -4.62. The number of carbonyl (C=O) groups excluding carboxylic acids is 2. The number of carboxylic acid groups (broad SMARTS) is 1. The van der Waals surface area contributed by atoms with Crippen molar-refractivity contribution in [3.05, 3.63) is 99.8 Å². The number of aromatic carboxylic acids is 1. The minimum Gasteiger partial charge on any atom is -0.478 e. The van der Waals surface area contributed by atoms with Crippen LogP contribution in [0.25, 0.3) is 22.0 Å². The normalized spacial score (nSPS) is 14.9. The van der Waals surface area contributed by atoms with Crippen LogP contribution in [0.2, 0.25) is 0 Å². The molecule has 1 aliphatic rings. The predicted molar refractivity (Wildman–Crippen MR) is 142 cm³/mol. The van der Waals surface area contributed by atoms with Crippen molar-refractivity contribution in [2.45, 2.75) is 12.3 Å². The van der Waals surface area contributed by atoms with Crippen LogP contribution in [-0.2, 0) is 15.7 Å². The van der Waals surface area contributed by atoms with E-state index in [0.29, 0.717) is 5.39 Å². The van der Waals surface area contributed by atoms with E-state index in [-0.39, 0.29) is 76.2 Å². The molecule has 1 radical (unpaired) electrons. The quantitative estimate of drug-likeness (QED) is 0.252. The van der Waals surface area contributed by atoms with Gasteiger partial charge in [-0.05, 0) is 41.8 Å². The van der Waals surface area contributed by atoms with Crippen molar-refractivity contribution in [1.29, 1.82) is 0 Å². The van der Waals surface area contributed by atoms with Crippen molar-refractivity contribution >= 4 is 64.0 Å². The van der Waals surface area contributed by atoms with Gasteiger partial charge < -0.3 is 19.6 Å². The van der Waals surface area contributed by atoms with Crippen LogP contribution in [0, 0.1) is 0 Å². The maximum Gasteiger partial charge on any atom is 0.417 e. The molecule has 1 fully saturated rings. The van der Waals surface area contributed by atoms with Crippen LogP contribution in [0.15, 0.2) is 77.6 Å². The number of carboxylic acids is 1. The first kappa shape index (κ1) is 29.8. The van der Waals surface area contributed by atoms with Gasteiger partial charge in [0, 0.05) is 51.9 Å². The number of hydrogen-bond acceptors (Lipinski definition) is 6. The number of cyclic esters (lactones) is 1. The number of carbonyl (C=O) groups is 3. The summed E-state index contributed by atoms with van der Waals surface area (Å²) in [5.74, 6) is -2.19. The Bertz CT molecular complexity index is 1720. The number of rotatable bonds is 6. The van der Waals surface area contributed by atoms with Crippen LogP contribution < -0.4 is 10.5 Å². The standard InChI is InChI=1S/C28H19F3N2O7.Na/c29-28(30,31)22-8-4-3-7-20(22)23-11-15-9-10-16(12-21(15)24(34)32-23)33-13-17(40-27(33)38)14-39-26(37)19-6-2-1-5-18(19)25(35)36;/h1-12,17H,13-14H2,(H,32,34)(H,35,36);/t17-;/m1./s1. The van der Waals surface area contributed by atoms with Gasteiger partial charge in [-0.2, -0.15) is 13.2 Å². The SMILES string of the molecule is O=C(O)c1ccccc1C(=O)OC[C@H]1CN(c2ccc3cc(-c4ccccc4C(F)(F)F)[nH]c(=O)c3c2)C(=O)O1.[Na]. The van der Waals surface area contributed by atoms with E-state index in [0.717, 1.165) is 6.07 Å². The molecule has 41 heavy (non-hydrogen) atoms. The van der Waals surface area contributed by atoms with E-state index in [9.17, 15) is 37.5 Å². The Morgan fingerprint density at radius 3 is 2.39 bits per heavy atom. The van der Waals surface area contributed by atoms with Gasteiger partial charge in [-0.1, -0.05) is 36.4 Å². The third-order valence-corrected chi connectivity index (χ3v) is 6.32. The number of esters is 1. The maximum atomic E-state index is 13.5. The van der Waals surface area contributed by atoms with Crippen LogP contribution in [0.1, 0.15) is 26.3 Å². The number of ether oxygens (including phenoxy) is 2. The molecule has 13 heteroatoms. The van der Waals surface area contributed by atoms with Gasteiger partial charge in [0.2, 0.25) is 0 Å². The number of benzene rings is 3. The fraction of sp³-hybridized carbons (Fsp3) is 0.143. The van der Waals surface area contributed by atoms with Crippen molar-refractivity contribution < 1.29 is 42.1 Å². The Morgan fingerprint density at radius 2 is 1.68 bits per heavy atom. The molecule has 1 amide bonds.